The minimum atomic E-state index is 0.362. The van der Waals surface area contributed by atoms with Gasteiger partial charge in [0.15, 0.2) is 0 Å². The van der Waals surface area contributed by atoms with Crippen molar-refractivity contribution in [2.75, 3.05) is 26.7 Å². The zero-order valence-electron chi connectivity index (χ0n) is 12.8. The Hall–Kier alpha value is -0.680. The van der Waals surface area contributed by atoms with Gasteiger partial charge in [0.25, 0.3) is 0 Å². The van der Waals surface area contributed by atoms with Gasteiger partial charge in [-0.1, -0.05) is 19.1 Å². The Balaban J connectivity index is 1.68. The molecule has 3 rings (SSSR count). The third-order valence-corrected chi connectivity index (χ3v) is 6.46. The quantitative estimate of drug-likeness (QED) is 0.887. The summed E-state index contributed by atoms with van der Waals surface area (Å²) in [7, 11) is 2.23. The maximum Gasteiger partial charge on any atom is 0.0765 e. The number of nitrogens with one attached hydrogen (secondary N) is 1. The van der Waals surface area contributed by atoms with E-state index in [0.29, 0.717) is 11.5 Å². The van der Waals surface area contributed by atoms with Crippen LogP contribution in [0.4, 0.5) is 0 Å². The molecule has 1 saturated heterocycles. The molecule has 0 atom stereocenters. The Morgan fingerprint density at radius 3 is 2.19 bits per heavy atom. The largest absolute Gasteiger partial charge is 0.306 e. The predicted molar refractivity (Wildman–Crippen MR) is 93.3 cm³/mol. The standard InChI is InChI=1S/C17H24N2S2/c1-17(7-9-19(2)10-8-17)13-18-16(14-5-3-11-20-14)15-6-4-12-21-15/h3-6,11-12,16,18H,7-10,13H2,1-2H3. The molecule has 3 heterocycles. The van der Waals surface area contributed by atoms with Gasteiger partial charge in [0.1, 0.15) is 0 Å². The van der Waals surface area contributed by atoms with E-state index in [1.807, 2.05) is 22.7 Å². The summed E-state index contributed by atoms with van der Waals surface area (Å²) in [5, 5.41) is 8.20. The summed E-state index contributed by atoms with van der Waals surface area (Å²) in [6, 6.07) is 9.17. The van der Waals surface area contributed by atoms with Crippen LogP contribution in [0.15, 0.2) is 35.0 Å². The molecule has 0 amide bonds. The van der Waals surface area contributed by atoms with Crippen LogP contribution >= 0.6 is 22.7 Å². The molecule has 2 nitrogen and oxygen atoms in total. The molecule has 0 radical (unpaired) electrons. The van der Waals surface area contributed by atoms with Gasteiger partial charge in [0.05, 0.1) is 6.04 Å². The van der Waals surface area contributed by atoms with Crippen LogP contribution in [0.2, 0.25) is 0 Å². The lowest BCUT2D eigenvalue weighted by Crippen LogP contribution is -2.42. The van der Waals surface area contributed by atoms with Crippen molar-refractivity contribution in [3.63, 3.8) is 0 Å². The maximum absolute atomic E-state index is 3.85. The highest BCUT2D eigenvalue weighted by Crippen LogP contribution is 2.33. The number of hydrogen-bond acceptors (Lipinski definition) is 4. The Bertz CT molecular complexity index is 491. The summed E-state index contributed by atoms with van der Waals surface area (Å²) in [4.78, 5) is 5.29. The zero-order chi connectivity index (χ0) is 14.7. The molecule has 0 aromatic carbocycles. The van der Waals surface area contributed by atoms with Crippen molar-refractivity contribution >= 4 is 22.7 Å². The molecule has 114 valence electrons. The van der Waals surface area contributed by atoms with Crippen LogP contribution in [0.25, 0.3) is 0 Å². The first-order valence-electron chi connectivity index (χ1n) is 7.65. The first-order valence-corrected chi connectivity index (χ1v) is 9.41. The van der Waals surface area contributed by atoms with Crippen molar-refractivity contribution in [2.24, 2.45) is 5.41 Å². The van der Waals surface area contributed by atoms with Crippen molar-refractivity contribution in [3.05, 3.63) is 44.8 Å². The van der Waals surface area contributed by atoms with Crippen LogP contribution in [0.1, 0.15) is 35.6 Å². The van der Waals surface area contributed by atoms with Gasteiger partial charge < -0.3 is 10.2 Å². The third-order valence-electron chi connectivity index (χ3n) is 4.58. The molecule has 1 N–H and O–H groups in total. The second kappa shape index (κ2) is 6.61. The molecule has 0 aliphatic carbocycles. The highest BCUT2D eigenvalue weighted by atomic mass is 32.1. The molecule has 1 aliphatic heterocycles. The summed E-state index contributed by atoms with van der Waals surface area (Å²) >= 11 is 3.70. The molecular weight excluding hydrogens is 296 g/mol. The SMILES string of the molecule is CN1CCC(C)(CNC(c2cccs2)c2cccs2)CC1. The van der Waals surface area contributed by atoms with Crippen molar-refractivity contribution in [2.45, 2.75) is 25.8 Å². The number of nitrogens with zero attached hydrogens (tertiary/aromatic N) is 1. The van der Waals surface area contributed by atoms with E-state index in [2.05, 4.69) is 59.2 Å². The normalized spacial score (nSPS) is 19.2. The van der Waals surface area contributed by atoms with Crippen molar-refractivity contribution in [3.8, 4) is 0 Å². The molecular formula is C17H24N2S2. The second-order valence-corrected chi connectivity index (χ2v) is 8.42. The molecule has 21 heavy (non-hydrogen) atoms. The maximum atomic E-state index is 3.85. The van der Waals surface area contributed by atoms with Gasteiger partial charge in [-0.05, 0) is 61.3 Å². The predicted octanol–water partition coefficient (Wildman–Crippen LogP) is 4.22. The summed E-state index contributed by atoms with van der Waals surface area (Å²) in [5.41, 5.74) is 0.430. The minimum Gasteiger partial charge on any atom is -0.306 e. The van der Waals surface area contributed by atoms with Gasteiger partial charge in [-0.15, -0.1) is 22.7 Å². The van der Waals surface area contributed by atoms with E-state index >= 15 is 0 Å². The fraction of sp³-hybridized carbons (Fsp3) is 0.529. The molecule has 0 unspecified atom stereocenters. The molecule has 0 saturated carbocycles. The molecule has 4 heteroatoms. The lowest BCUT2D eigenvalue weighted by Gasteiger charge is -2.39. The smallest absolute Gasteiger partial charge is 0.0765 e. The van der Waals surface area contributed by atoms with Gasteiger partial charge in [-0.2, -0.15) is 0 Å². The van der Waals surface area contributed by atoms with E-state index < -0.39 is 0 Å². The number of hydrogen-bond donors (Lipinski definition) is 1. The molecule has 2 aromatic rings. The first kappa shape index (κ1) is 15.2. The average molecular weight is 321 g/mol. The fourth-order valence-corrected chi connectivity index (χ4v) is 4.65. The van der Waals surface area contributed by atoms with E-state index in [1.54, 1.807) is 0 Å². The number of thiophene rings is 2. The first-order chi connectivity index (χ1) is 10.2. The molecule has 1 fully saturated rings. The Kier molecular flexibility index (Phi) is 4.79. The lowest BCUT2D eigenvalue weighted by atomic mass is 9.80. The van der Waals surface area contributed by atoms with Gasteiger partial charge in [-0.25, -0.2) is 0 Å². The van der Waals surface area contributed by atoms with Crippen molar-refractivity contribution in [1.29, 1.82) is 0 Å². The van der Waals surface area contributed by atoms with Crippen LogP contribution in [0, 0.1) is 5.41 Å². The fourth-order valence-electron chi connectivity index (χ4n) is 2.94. The monoisotopic (exact) mass is 320 g/mol. The van der Waals surface area contributed by atoms with Crippen LogP contribution in [0.5, 0.6) is 0 Å². The Labute approximate surface area is 135 Å². The topological polar surface area (TPSA) is 15.3 Å². The number of piperidine rings is 1. The zero-order valence-corrected chi connectivity index (χ0v) is 14.5. The van der Waals surface area contributed by atoms with Crippen LogP contribution in [-0.4, -0.2) is 31.6 Å². The Morgan fingerprint density at radius 2 is 1.71 bits per heavy atom. The van der Waals surface area contributed by atoms with E-state index in [4.69, 9.17) is 0 Å². The van der Waals surface area contributed by atoms with Gasteiger partial charge in [0.2, 0.25) is 0 Å². The van der Waals surface area contributed by atoms with E-state index in [9.17, 15) is 0 Å². The lowest BCUT2D eigenvalue weighted by molar-refractivity contribution is 0.135. The van der Waals surface area contributed by atoms with Crippen molar-refractivity contribution in [1.82, 2.24) is 10.2 Å². The van der Waals surface area contributed by atoms with E-state index in [1.165, 1.54) is 35.7 Å². The number of rotatable bonds is 5. The molecule has 1 aliphatic rings. The molecule has 2 aromatic heterocycles. The highest BCUT2D eigenvalue weighted by Gasteiger charge is 2.30. The minimum absolute atomic E-state index is 0.362. The van der Waals surface area contributed by atoms with E-state index in [-0.39, 0.29) is 0 Å². The summed E-state index contributed by atoms with van der Waals surface area (Å²) in [6.45, 7) is 5.98. The van der Waals surface area contributed by atoms with Gasteiger partial charge in [-0.3, -0.25) is 0 Å². The highest BCUT2D eigenvalue weighted by molar-refractivity contribution is 7.11. The number of likely N-dealkylation sites (tertiary alicyclic amines) is 1. The molecule has 0 bridgehead atoms. The van der Waals surface area contributed by atoms with Gasteiger partial charge in [0, 0.05) is 16.3 Å². The average Bonchev–Trinajstić information content (AvgIpc) is 3.16. The van der Waals surface area contributed by atoms with Crippen LogP contribution in [0.3, 0.4) is 0 Å². The third kappa shape index (κ3) is 3.75. The van der Waals surface area contributed by atoms with Crippen LogP contribution < -0.4 is 5.32 Å². The second-order valence-electron chi connectivity index (χ2n) is 6.46. The summed E-state index contributed by atoms with van der Waals surface area (Å²) in [6.07, 6.45) is 2.58. The van der Waals surface area contributed by atoms with Crippen molar-refractivity contribution < 1.29 is 0 Å². The van der Waals surface area contributed by atoms with Gasteiger partial charge >= 0.3 is 0 Å². The van der Waals surface area contributed by atoms with E-state index in [0.717, 1.165) is 6.54 Å². The summed E-state index contributed by atoms with van der Waals surface area (Å²) < 4.78 is 0. The summed E-state index contributed by atoms with van der Waals surface area (Å²) in [5.74, 6) is 0. The Morgan fingerprint density at radius 1 is 1.14 bits per heavy atom. The molecule has 0 spiro atoms. The van der Waals surface area contributed by atoms with Crippen LogP contribution in [-0.2, 0) is 0 Å².